The number of nitrogens with one attached hydrogen (secondary N) is 1. The first-order valence-corrected chi connectivity index (χ1v) is 5.54. The zero-order valence-electron chi connectivity index (χ0n) is 10.3. The maximum atomic E-state index is 9.02. The van der Waals surface area contributed by atoms with Gasteiger partial charge in [-0.25, -0.2) is 0 Å². The maximum absolute atomic E-state index is 9.02. The Kier molecular flexibility index (Phi) is 3.31. The number of anilines is 1. The fourth-order valence-electron chi connectivity index (χ4n) is 1.73. The van der Waals surface area contributed by atoms with Crippen molar-refractivity contribution in [3.05, 3.63) is 35.4 Å². The second-order valence-corrected chi connectivity index (χ2v) is 3.97. The molecule has 0 radical (unpaired) electrons. The average Bonchev–Trinajstić information content (AvgIpc) is 2.79. The predicted molar refractivity (Wildman–Crippen MR) is 68.6 cm³/mol. The highest BCUT2D eigenvalue weighted by molar-refractivity contribution is 5.72. The molecular weight excluding hydrogens is 228 g/mol. The van der Waals surface area contributed by atoms with E-state index in [4.69, 9.17) is 15.7 Å². The number of H-pyrrole nitrogens is 1. The molecule has 5 heteroatoms. The molecule has 0 bridgehead atoms. The van der Waals surface area contributed by atoms with E-state index >= 15 is 0 Å². The quantitative estimate of drug-likeness (QED) is 0.863. The van der Waals surface area contributed by atoms with E-state index < -0.39 is 0 Å². The summed E-state index contributed by atoms with van der Waals surface area (Å²) >= 11 is 0. The highest BCUT2D eigenvalue weighted by atomic mass is 16.5. The molecule has 1 heterocycles. The van der Waals surface area contributed by atoms with Gasteiger partial charge in [-0.15, -0.1) is 0 Å². The Morgan fingerprint density at radius 1 is 1.39 bits per heavy atom. The number of nitrogens with two attached hydrogens (primary N) is 1. The molecule has 1 aromatic heterocycles. The zero-order valence-corrected chi connectivity index (χ0v) is 10.3. The van der Waals surface area contributed by atoms with Crippen LogP contribution < -0.4 is 5.73 Å². The number of hydrogen-bond acceptors (Lipinski definition) is 4. The lowest BCUT2D eigenvalue weighted by Crippen LogP contribution is -1.95. The van der Waals surface area contributed by atoms with E-state index in [1.165, 1.54) is 0 Å². The Morgan fingerprint density at radius 2 is 2.06 bits per heavy atom. The summed E-state index contributed by atoms with van der Waals surface area (Å²) in [6.45, 7) is 1.97. The number of hydrogen-bond donors (Lipinski definition) is 2. The van der Waals surface area contributed by atoms with Crippen molar-refractivity contribution in [3.63, 3.8) is 0 Å². The van der Waals surface area contributed by atoms with Gasteiger partial charge < -0.3 is 10.5 Å². The van der Waals surface area contributed by atoms with Crippen LogP contribution in [0.2, 0.25) is 0 Å². The van der Waals surface area contributed by atoms with Crippen LogP contribution in [-0.4, -0.2) is 17.3 Å². The third-order valence-corrected chi connectivity index (χ3v) is 2.91. The van der Waals surface area contributed by atoms with Crippen LogP contribution in [0.1, 0.15) is 24.2 Å². The van der Waals surface area contributed by atoms with Crippen LogP contribution in [-0.2, 0) is 4.74 Å². The molecule has 1 atom stereocenters. The summed E-state index contributed by atoms with van der Waals surface area (Å²) in [5, 5.41) is 15.7. The largest absolute Gasteiger partial charge is 0.383 e. The van der Waals surface area contributed by atoms with Crippen molar-refractivity contribution < 1.29 is 4.74 Å². The van der Waals surface area contributed by atoms with Gasteiger partial charge in [0.15, 0.2) is 0 Å². The Morgan fingerprint density at radius 3 is 2.61 bits per heavy atom. The first-order chi connectivity index (χ1) is 8.67. The van der Waals surface area contributed by atoms with Crippen LogP contribution in [0.15, 0.2) is 24.3 Å². The molecule has 0 saturated carbocycles. The second-order valence-electron chi connectivity index (χ2n) is 3.97. The minimum atomic E-state index is 0.0405. The number of nitrogen functional groups attached to an aromatic ring is 1. The summed E-state index contributed by atoms with van der Waals surface area (Å²) in [5.41, 5.74) is 8.51. The summed E-state index contributed by atoms with van der Waals surface area (Å²) in [7, 11) is 1.67. The lowest BCUT2D eigenvalue weighted by Gasteiger charge is -2.09. The molecule has 0 aliphatic carbocycles. The maximum Gasteiger partial charge on any atom is 0.137 e. The van der Waals surface area contributed by atoms with Crippen molar-refractivity contribution in [2.45, 2.75) is 13.0 Å². The summed E-state index contributed by atoms with van der Waals surface area (Å²) in [6.07, 6.45) is 0.0405. The third kappa shape index (κ3) is 2.06. The van der Waals surface area contributed by atoms with Gasteiger partial charge in [0.2, 0.25) is 0 Å². The standard InChI is InChI=1S/C13H14N4O/c1-8(18-2)9-3-5-10(6-4-9)12-11(7-14)13(15)17-16-12/h3-6,8H,1-2H3,(H3,15,16,17). The SMILES string of the molecule is COC(C)c1ccc(-c2n[nH]c(N)c2C#N)cc1. The summed E-state index contributed by atoms with van der Waals surface area (Å²) in [4.78, 5) is 0. The highest BCUT2D eigenvalue weighted by Crippen LogP contribution is 2.26. The van der Waals surface area contributed by atoms with Gasteiger partial charge in [0.05, 0.1) is 6.10 Å². The third-order valence-electron chi connectivity index (χ3n) is 2.91. The monoisotopic (exact) mass is 242 g/mol. The van der Waals surface area contributed by atoms with Crippen LogP contribution in [0.3, 0.4) is 0 Å². The molecule has 1 aromatic carbocycles. The van der Waals surface area contributed by atoms with Gasteiger partial charge in [-0.2, -0.15) is 10.4 Å². The first kappa shape index (κ1) is 12.1. The lowest BCUT2D eigenvalue weighted by molar-refractivity contribution is 0.119. The molecule has 0 amide bonds. The molecule has 18 heavy (non-hydrogen) atoms. The molecular formula is C13H14N4O. The normalized spacial score (nSPS) is 12.1. The predicted octanol–water partition coefficient (Wildman–Crippen LogP) is 2.24. The Balaban J connectivity index is 2.38. The Hall–Kier alpha value is -2.32. The Labute approximate surface area is 105 Å². The van der Waals surface area contributed by atoms with E-state index in [-0.39, 0.29) is 6.10 Å². The van der Waals surface area contributed by atoms with Crippen LogP contribution in [0.5, 0.6) is 0 Å². The molecule has 0 fully saturated rings. The topological polar surface area (TPSA) is 87.7 Å². The van der Waals surface area contributed by atoms with Crippen molar-refractivity contribution in [2.24, 2.45) is 0 Å². The summed E-state index contributed by atoms with van der Waals surface area (Å²) in [5.74, 6) is 0.293. The van der Waals surface area contributed by atoms with Crippen molar-refractivity contribution in [2.75, 3.05) is 12.8 Å². The zero-order chi connectivity index (χ0) is 13.1. The van der Waals surface area contributed by atoms with E-state index in [0.29, 0.717) is 17.1 Å². The number of nitrogens with zero attached hydrogens (tertiary/aromatic N) is 2. The summed E-state index contributed by atoms with van der Waals surface area (Å²) < 4.78 is 5.24. The van der Waals surface area contributed by atoms with Crippen molar-refractivity contribution in [3.8, 4) is 17.3 Å². The van der Waals surface area contributed by atoms with Gasteiger partial charge in [0, 0.05) is 12.7 Å². The molecule has 0 spiro atoms. The minimum Gasteiger partial charge on any atom is -0.383 e. The van der Waals surface area contributed by atoms with E-state index in [1.807, 2.05) is 37.3 Å². The van der Waals surface area contributed by atoms with Gasteiger partial charge in [-0.3, -0.25) is 5.10 Å². The molecule has 0 saturated heterocycles. The number of methoxy groups -OCH3 is 1. The number of aromatic nitrogens is 2. The number of aromatic amines is 1. The Bertz CT molecular complexity index is 580. The molecule has 2 rings (SSSR count). The fraction of sp³-hybridized carbons (Fsp3) is 0.231. The number of rotatable bonds is 3. The van der Waals surface area contributed by atoms with E-state index in [0.717, 1.165) is 11.1 Å². The lowest BCUT2D eigenvalue weighted by atomic mass is 10.0. The van der Waals surface area contributed by atoms with Gasteiger partial charge in [-0.1, -0.05) is 24.3 Å². The fourth-order valence-corrected chi connectivity index (χ4v) is 1.73. The van der Waals surface area contributed by atoms with E-state index in [9.17, 15) is 0 Å². The second kappa shape index (κ2) is 4.90. The minimum absolute atomic E-state index is 0.0405. The smallest absolute Gasteiger partial charge is 0.137 e. The van der Waals surface area contributed by atoms with Gasteiger partial charge in [0.1, 0.15) is 23.1 Å². The van der Waals surface area contributed by atoms with Crippen molar-refractivity contribution in [1.29, 1.82) is 5.26 Å². The van der Waals surface area contributed by atoms with E-state index in [2.05, 4.69) is 10.2 Å². The van der Waals surface area contributed by atoms with Crippen LogP contribution in [0, 0.1) is 11.3 Å². The van der Waals surface area contributed by atoms with Crippen LogP contribution in [0.4, 0.5) is 5.82 Å². The molecule has 5 nitrogen and oxygen atoms in total. The number of ether oxygens (including phenoxy) is 1. The van der Waals surface area contributed by atoms with Crippen LogP contribution >= 0.6 is 0 Å². The molecule has 92 valence electrons. The van der Waals surface area contributed by atoms with Crippen LogP contribution in [0.25, 0.3) is 11.3 Å². The molecule has 1 unspecified atom stereocenters. The average molecular weight is 242 g/mol. The number of benzene rings is 1. The molecule has 3 N–H and O–H groups in total. The van der Waals surface area contributed by atoms with Gasteiger partial charge in [0.25, 0.3) is 0 Å². The molecule has 0 aliphatic heterocycles. The van der Waals surface area contributed by atoms with Crippen molar-refractivity contribution in [1.82, 2.24) is 10.2 Å². The molecule has 2 aromatic rings. The highest BCUT2D eigenvalue weighted by Gasteiger charge is 2.13. The first-order valence-electron chi connectivity index (χ1n) is 5.54. The van der Waals surface area contributed by atoms with Crippen molar-refractivity contribution >= 4 is 5.82 Å². The van der Waals surface area contributed by atoms with Gasteiger partial charge >= 0.3 is 0 Å². The van der Waals surface area contributed by atoms with Gasteiger partial charge in [-0.05, 0) is 12.5 Å². The van der Waals surface area contributed by atoms with E-state index in [1.54, 1.807) is 7.11 Å². The number of nitriles is 1. The summed E-state index contributed by atoms with van der Waals surface area (Å²) in [6, 6.07) is 9.76. The molecule has 0 aliphatic rings.